The number of sulfonamides is 1. The highest BCUT2D eigenvalue weighted by Gasteiger charge is 2.23. The van der Waals surface area contributed by atoms with E-state index in [2.05, 4.69) is 4.72 Å². The van der Waals surface area contributed by atoms with Crippen LogP contribution in [-0.2, 0) is 26.6 Å². The molecular formula is C23H26FNO5S2. The van der Waals surface area contributed by atoms with E-state index in [4.69, 9.17) is 0 Å². The van der Waals surface area contributed by atoms with Crippen molar-refractivity contribution >= 4 is 20.1 Å². The molecular weight excluding hydrogens is 453 g/mol. The van der Waals surface area contributed by atoms with Gasteiger partial charge in [-0.25, -0.2) is 17.5 Å². The van der Waals surface area contributed by atoms with E-state index in [-0.39, 0.29) is 22.3 Å². The maximum absolute atomic E-state index is 13.0. The molecule has 2 N–H and O–H groups in total. The third-order valence-corrected chi connectivity index (χ3v) is 7.70. The van der Waals surface area contributed by atoms with E-state index in [1.807, 2.05) is 32.0 Å². The molecule has 0 bridgehead atoms. The Hall–Kier alpha value is -2.33. The van der Waals surface area contributed by atoms with Gasteiger partial charge in [0.1, 0.15) is 10.7 Å². The van der Waals surface area contributed by atoms with Gasteiger partial charge >= 0.3 is 0 Å². The van der Waals surface area contributed by atoms with Gasteiger partial charge in [0.25, 0.3) is 10.1 Å². The third kappa shape index (κ3) is 5.72. The molecule has 0 unspecified atom stereocenters. The summed E-state index contributed by atoms with van der Waals surface area (Å²) in [6.45, 7) is 4.27. The molecule has 32 heavy (non-hydrogen) atoms. The maximum Gasteiger partial charge on any atom is 0.295 e. The summed E-state index contributed by atoms with van der Waals surface area (Å²) in [5.74, 6) is -0.248. The van der Waals surface area contributed by atoms with Crippen molar-refractivity contribution in [2.45, 2.75) is 48.8 Å². The molecule has 2 aliphatic carbocycles. The van der Waals surface area contributed by atoms with Crippen molar-refractivity contribution in [1.82, 2.24) is 4.72 Å². The van der Waals surface area contributed by atoms with Crippen LogP contribution in [0, 0.1) is 5.82 Å². The molecule has 0 spiro atoms. The summed E-state index contributed by atoms with van der Waals surface area (Å²) >= 11 is 0. The van der Waals surface area contributed by atoms with Gasteiger partial charge in [-0.05, 0) is 72.2 Å². The Kier molecular flexibility index (Phi) is 7.34. The van der Waals surface area contributed by atoms with Crippen molar-refractivity contribution in [1.29, 1.82) is 0 Å². The summed E-state index contributed by atoms with van der Waals surface area (Å²) in [6, 6.07) is 13.5. The van der Waals surface area contributed by atoms with Gasteiger partial charge in [-0.2, -0.15) is 8.42 Å². The van der Waals surface area contributed by atoms with Crippen LogP contribution in [0.1, 0.15) is 43.7 Å². The highest BCUT2D eigenvalue weighted by atomic mass is 32.2. The molecule has 0 saturated heterocycles. The molecule has 0 aliphatic heterocycles. The molecule has 6 nitrogen and oxygen atoms in total. The van der Waals surface area contributed by atoms with Gasteiger partial charge in [0.15, 0.2) is 0 Å². The monoisotopic (exact) mass is 479 g/mol. The fourth-order valence-corrected chi connectivity index (χ4v) is 5.37. The second-order valence-electron chi connectivity index (χ2n) is 7.97. The van der Waals surface area contributed by atoms with Crippen LogP contribution in [0.4, 0.5) is 4.39 Å². The van der Waals surface area contributed by atoms with E-state index in [9.17, 15) is 25.8 Å². The Balaban J connectivity index is 1.70. The standard InChI is InChI=1S/C23H26FNO5S2/c1-16(2)17-6-12-21-18(15-23(32(28,29)30)22(21)13-7-17)5-3-4-14-25-31(26,27)20-10-8-19(24)9-11-20/h6-13,15-16,25H,3-5,14H2,1-2H3,(H,28,29,30). The largest absolute Gasteiger partial charge is 0.295 e. The summed E-state index contributed by atoms with van der Waals surface area (Å²) in [5.41, 5.74) is 3.03. The molecule has 3 rings (SSSR count). The lowest BCUT2D eigenvalue weighted by Gasteiger charge is -2.07. The third-order valence-electron chi connectivity index (χ3n) is 5.33. The van der Waals surface area contributed by atoms with Crippen molar-refractivity contribution in [3.63, 3.8) is 0 Å². The summed E-state index contributed by atoms with van der Waals surface area (Å²) in [5, 5.41) is 0. The number of nitrogens with one attached hydrogen (secondary N) is 1. The molecule has 2 aliphatic rings. The zero-order valence-corrected chi connectivity index (χ0v) is 19.5. The SMILES string of the molecule is CC(C)c1ccc2c(CCCCNS(=O)(=O)c3ccc(F)cc3)cc(S(=O)(=O)O)c-2cc1. The number of unbranched alkanes of at least 4 members (excludes halogenated alkanes) is 1. The van der Waals surface area contributed by atoms with Crippen LogP contribution in [0.2, 0.25) is 0 Å². The smallest absolute Gasteiger partial charge is 0.282 e. The fraction of sp³-hybridized carbons (Fsp3) is 0.304. The first-order valence-corrected chi connectivity index (χ1v) is 13.2. The fourth-order valence-electron chi connectivity index (χ4n) is 3.55. The normalized spacial score (nSPS) is 12.5. The Morgan fingerprint density at radius 3 is 2.12 bits per heavy atom. The summed E-state index contributed by atoms with van der Waals surface area (Å²) in [4.78, 5) is -0.127. The van der Waals surface area contributed by atoms with E-state index in [1.54, 1.807) is 6.07 Å². The molecule has 1 aromatic rings. The van der Waals surface area contributed by atoms with Gasteiger partial charge in [0.2, 0.25) is 10.0 Å². The Morgan fingerprint density at radius 1 is 0.906 bits per heavy atom. The molecule has 1 aromatic carbocycles. The first-order chi connectivity index (χ1) is 15.0. The predicted molar refractivity (Wildman–Crippen MR) is 121 cm³/mol. The number of hydrogen-bond donors (Lipinski definition) is 2. The van der Waals surface area contributed by atoms with Crippen LogP contribution >= 0.6 is 0 Å². The minimum absolute atomic E-state index is 0.00724. The highest BCUT2D eigenvalue weighted by molar-refractivity contribution is 7.89. The number of aryl methyl sites for hydroxylation is 1. The van der Waals surface area contributed by atoms with Gasteiger partial charge in [-0.15, -0.1) is 0 Å². The number of fused-ring (bicyclic) bond motifs is 1. The van der Waals surface area contributed by atoms with Crippen LogP contribution in [0.15, 0.2) is 64.4 Å². The Bertz CT molecular complexity index is 1270. The summed E-state index contributed by atoms with van der Waals surface area (Å²) in [6.07, 6.45) is 1.64. The number of rotatable bonds is 9. The van der Waals surface area contributed by atoms with E-state index >= 15 is 0 Å². The first-order valence-electron chi connectivity index (χ1n) is 10.3. The zero-order chi connectivity index (χ0) is 23.5. The van der Waals surface area contributed by atoms with E-state index in [1.165, 1.54) is 18.2 Å². The summed E-state index contributed by atoms with van der Waals surface area (Å²) in [7, 11) is -8.10. The molecule has 9 heteroatoms. The van der Waals surface area contributed by atoms with Crippen molar-refractivity contribution in [3.05, 3.63) is 71.5 Å². The average Bonchev–Trinajstić information content (AvgIpc) is 2.91. The average molecular weight is 480 g/mol. The van der Waals surface area contributed by atoms with Gasteiger partial charge in [0.05, 0.1) is 4.90 Å². The zero-order valence-electron chi connectivity index (χ0n) is 17.9. The second-order valence-corrected chi connectivity index (χ2v) is 11.1. The van der Waals surface area contributed by atoms with Gasteiger partial charge in [-0.1, -0.05) is 38.1 Å². The molecule has 0 atom stereocenters. The molecule has 0 saturated carbocycles. The highest BCUT2D eigenvalue weighted by Crippen LogP contribution is 2.36. The second kappa shape index (κ2) is 9.66. The van der Waals surface area contributed by atoms with E-state index in [0.717, 1.165) is 28.8 Å². The maximum atomic E-state index is 13.0. The molecule has 0 fully saturated rings. The van der Waals surface area contributed by atoms with Crippen molar-refractivity contribution in [3.8, 4) is 11.1 Å². The number of halogens is 1. The van der Waals surface area contributed by atoms with Gasteiger partial charge in [0, 0.05) is 12.1 Å². The number of benzene rings is 1. The molecule has 0 aromatic heterocycles. The van der Waals surface area contributed by atoms with E-state index < -0.39 is 26.0 Å². The van der Waals surface area contributed by atoms with Crippen LogP contribution in [0.3, 0.4) is 0 Å². The van der Waals surface area contributed by atoms with Crippen LogP contribution in [0.25, 0.3) is 11.1 Å². The molecule has 172 valence electrons. The lowest BCUT2D eigenvalue weighted by molar-refractivity contribution is 0.483. The Labute approximate surface area is 188 Å². The minimum atomic E-state index is -4.38. The lowest BCUT2D eigenvalue weighted by Crippen LogP contribution is -2.24. The Morgan fingerprint density at radius 2 is 1.53 bits per heavy atom. The van der Waals surface area contributed by atoms with E-state index in [0.29, 0.717) is 24.8 Å². The van der Waals surface area contributed by atoms with Crippen LogP contribution in [-0.4, -0.2) is 27.9 Å². The summed E-state index contributed by atoms with van der Waals surface area (Å²) < 4.78 is 73.4. The van der Waals surface area contributed by atoms with Crippen LogP contribution < -0.4 is 4.72 Å². The van der Waals surface area contributed by atoms with Crippen molar-refractivity contribution in [2.75, 3.05) is 6.54 Å². The molecule has 0 amide bonds. The topological polar surface area (TPSA) is 101 Å². The predicted octanol–water partition coefficient (Wildman–Crippen LogP) is 4.60. The van der Waals surface area contributed by atoms with Crippen molar-refractivity contribution in [2.24, 2.45) is 0 Å². The first kappa shape index (κ1) is 24.3. The lowest BCUT2D eigenvalue weighted by atomic mass is 10.0. The molecule has 0 radical (unpaired) electrons. The van der Waals surface area contributed by atoms with Gasteiger partial charge < -0.3 is 0 Å². The van der Waals surface area contributed by atoms with Crippen molar-refractivity contribution < 1.29 is 25.8 Å². The molecule has 0 heterocycles. The van der Waals surface area contributed by atoms with Gasteiger partial charge in [-0.3, -0.25) is 4.55 Å². The number of hydrogen-bond acceptors (Lipinski definition) is 4. The minimum Gasteiger partial charge on any atom is -0.282 e. The quantitative estimate of drug-likeness (QED) is 0.345. The van der Waals surface area contributed by atoms with Crippen LogP contribution in [0.5, 0.6) is 0 Å².